The highest BCUT2D eigenvalue weighted by atomic mass is 16.2. The second kappa shape index (κ2) is 13.5. The van der Waals surface area contributed by atoms with Crippen LogP contribution in [0.15, 0.2) is 35.3 Å². The molecule has 1 saturated carbocycles. The number of guanidine groups is 1. The van der Waals surface area contributed by atoms with Gasteiger partial charge in [0, 0.05) is 12.6 Å². The zero-order chi connectivity index (χ0) is 23.3. The van der Waals surface area contributed by atoms with Crippen molar-refractivity contribution in [3.8, 4) is 0 Å². The van der Waals surface area contributed by atoms with Gasteiger partial charge in [-0.15, -0.1) is 0 Å². The minimum atomic E-state index is -0.599. The van der Waals surface area contributed by atoms with E-state index in [2.05, 4.69) is 20.9 Å². The van der Waals surface area contributed by atoms with Crippen molar-refractivity contribution in [2.24, 2.45) is 22.4 Å². The Kier molecular flexibility index (Phi) is 10.7. The van der Waals surface area contributed by atoms with Crippen LogP contribution in [0.2, 0.25) is 0 Å². The first-order valence-electron chi connectivity index (χ1n) is 11.3. The van der Waals surface area contributed by atoms with Crippen molar-refractivity contribution < 1.29 is 14.4 Å². The number of carbonyl (C=O) groups excluding carboxylic acids is 3. The van der Waals surface area contributed by atoms with E-state index in [-0.39, 0.29) is 35.8 Å². The first-order chi connectivity index (χ1) is 15.4. The van der Waals surface area contributed by atoms with Gasteiger partial charge in [-0.1, -0.05) is 43.2 Å². The quantitative estimate of drug-likeness (QED) is 0.135. The van der Waals surface area contributed by atoms with Crippen LogP contribution in [0.1, 0.15) is 44.1 Å². The molecule has 1 aromatic rings. The van der Waals surface area contributed by atoms with E-state index in [0.29, 0.717) is 32.2 Å². The molecule has 0 unspecified atom stereocenters. The number of amides is 2. The van der Waals surface area contributed by atoms with Gasteiger partial charge in [0.15, 0.2) is 5.96 Å². The predicted molar refractivity (Wildman–Crippen MR) is 125 cm³/mol. The Hall–Kier alpha value is -2.94. The highest BCUT2D eigenvalue weighted by molar-refractivity contribution is 5.85. The summed E-state index contributed by atoms with van der Waals surface area (Å²) >= 11 is 0. The molecule has 9 nitrogen and oxygen atoms in total. The maximum Gasteiger partial charge on any atom is 0.237 e. The third-order valence-electron chi connectivity index (χ3n) is 5.84. The van der Waals surface area contributed by atoms with Gasteiger partial charge < -0.3 is 32.2 Å². The molecule has 1 aromatic carbocycles. The number of nitrogens with two attached hydrogens (primary N) is 2. The fourth-order valence-electron chi connectivity index (χ4n) is 4.06. The Morgan fingerprint density at radius 3 is 2.56 bits per heavy atom. The number of hydrogen-bond donors (Lipinski definition) is 5. The second-order valence-corrected chi connectivity index (χ2v) is 8.24. The minimum Gasteiger partial charge on any atom is -0.370 e. The van der Waals surface area contributed by atoms with Crippen LogP contribution in [0.5, 0.6) is 0 Å². The van der Waals surface area contributed by atoms with Gasteiger partial charge in [-0.2, -0.15) is 0 Å². The van der Waals surface area contributed by atoms with Crippen LogP contribution >= 0.6 is 0 Å². The molecule has 0 radical (unpaired) electrons. The molecule has 0 spiro atoms. The zero-order valence-corrected chi connectivity index (χ0v) is 18.8. The van der Waals surface area contributed by atoms with Gasteiger partial charge in [-0.3, -0.25) is 14.6 Å². The summed E-state index contributed by atoms with van der Waals surface area (Å²) in [5.74, 6) is -0.671. The van der Waals surface area contributed by atoms with E-state index in [4.69, 9.17) is 11.5 Å². The van der Waals surface area contributed by atoms with Gasteiger partial charge in [-0.05, 0) is 44.7 Å². The molecule has 0 aromatic heterocycles. The Morgan fingerprint density at radius 1 is 1.19 bits per heavy atom. The van der Waals surface area contributed by atoms with Crippen LogP contribution in [-0.2, 0) is 20.8 Å². The van der Waals surface area contributed by atoms with Crippen LogP contribution < -0.4 is 27.4 Å². The van der Waals surface area contributed by atoms with Gasteiger partial charge in [0.1, 0.15) is 6.29 Å². The molecule has 176 valence electrons. The molecule has 4 atom stereocenters. The predicted octanol–water partition coefficient (Wildman–Crippen LogP) is 0.229. The summed E-state index contributed by atoms with van der Waals surface area (Å²) in [6, 6.07) is 8.57. The maximum absolute atomic E-state index is 12.9. The van der Waals surface area contributed by atoms with E-state index in [1.807, 2.05) is 30.3 Å². The summed E-state index contributed by atoms with van der Waals surface area (Å²) in [5, 5.41) is 8.98. The van der Waals surface area contributed by atoms with Crippen molar-refractivity contribution in [3.05, 3.63) is 35.9 Å². The number of hydrogen-bond acceptors (Lipinski definition) is 5. The van der Waals surface area contributed by atoms with Crippen LogP contribution in [0.3, 0.4) is 0 Å². The summed E-state index contributed by atoms with van der Waals surface area (Å²) < 4.78 is 0. The number of nitrogens with zero attached hydrogens (tertiary/aromatic N) is 1. The first-order valence-corrected chi connectivity index (χ1v) is 11.3. The average Bonchev–Trinajstić information content (AvgIpc) is 2.80. The smallest absolute Gasteiger partial charge is 0.237 e. The normalized spacial score (nSPS) is 19.9. The second-order valence-electron chi connectivity index (χ2n) is 8.24. The van der Waals surface area contributed by atoms with Gasteiger partial charge in [-0.25, -0.2) is 0 Å². The summed E-state index contributed by atoms with van der Waals surface area (Å²) in [5.41, 5.74) is 11.7. The van der Waals surface area contributed by atoms with Crippen LogP contribution in [0.4, 0.5) is 0 Å². The Morgan fingerprint density at radius 2 is 1.91 bits per heavy atom. The lowest BCUT2D eigenvalue weighted by Crippen LogP contribution is -2.54. The van der Waals surface area contributed by atoms with Crippen LogP contribution in [0, 0.1) is 5.92 Å². The molecule has 1 aliphatic rings. The summed E-state index contributed by atoms with van der Waals surface area (Å²) in [6.07, 6.45) is 5.62. The van der Waals surface area contributed by atoms with Gasteiger partial charge in [0.05, 0.1) is 18.0 Å². The molecule has 0 heterocycles. The van der Waals surface area contributed by atoms with Gasteiger partial charge in [0.25, 0.3) is 0 Å². The first kappa shape index (κ1) is 25.3. The monoisotopic (exact) mass is 444 g/mol. The van der Waals surface area contributed by atoms with Crippen molar-refractivity contribution in [2.75, 3.05) is 13.6 Å². The SMILES string of the molecule is CN[C@H](Cc1ccccc1)C(=O)N[C@H]1CCCC[C@H]1C(=O)N[C@H](C=O)CCCN=C(N)N. The molecule has 32 heavy (non-hydrogen) atoms. The van der Waals surface area contributed by atoms with E-state index >= 15 is 0 Å². The number of likely N-dealkylation sites (N-methyl/N-ethyl adjacent to an activating group) is 1. The van der Waals surface area contributed by atoms with Gasteiger partial charge in [0.2, 0.25) is 11.8 Å². The van der Waals surface area contributed by atoms with Crippen molar-refractivity contribution in [1.29, 1.82) is 0 Å². The van der Waals surface area contributed by atoms with Crippen molar-refractivity contribution in [2.45, 2.75) is 63.1 Å². The summed E-state index contributed by atoms with van der Waals surface area (Å²) in [7, 11) is 1.76. The fourth-order valence-corrected chi connectivity index (χ4v) is 4.06. The maximum atomic E-state index is 12.9. The Balaban J connectivity index is 1.93. The van der Waals surface area contributed by atoms with E-state index in [0.717, 1.165) is 31.1 Å². The average molecular weight is 445 g/mol. The molecule has 2 rings (SSSR count). The fraction of sp³-hybridized carbons (Fsp3) is 0.565. The Labute approximate surface area is 189 Å². The molecule has 0 aliphatic heterocycles. The lowest BCUT2D eigenvalue weighted by Gasteiger charge is -2.33. The van der Waals surface area contributed by atoms with Crippen LogP contribution in [-0.4, -0.2) is 55.8 Å². The summed E-state index contributed by atoms with van der Waals surface area (Å²) in [4.78, 5) is 41.2. The number of carbonyl (C=O) groups is 3. The number of benzene rings is 1. The third-order valence-corrected chi connectivity index (χ3v) is 5.84. The molecule has 0 saturated heterocycles. The summed E-state index contributed by atoms with van der Waals surface area (Å²) in [6.45, 7) is 0.400. The molecule has 1 fully saturated rings. The van der Waals surface area contributed by atoms with Gasteiger partial charge >= 0.3 is 0 Å². The van der Waals surface area contributed by atoms with Crippen molar-refractivity contribution in [3.63, 3.8) is 0 Å². The van der Waals surface area contributed by atoms with E-state index in [9.17, 15) is 14.4 Å². The molecule has 9 heteroatoms. The van der Waals surface area contributed by atoms with E-state index in [1.165, 1.54) is 0 Å². The number of nitrogens with one attached hydrogen (secondary N) is 3. The van der Waals surface area contributed by atoms with Crippen molar-refractivity contribution in [1.82, 2.24) is 16.0 Å². The largest absolute Gasteiger partial charge is 0.370 e. The molecule has 1 aliphatic carbocycles. The van der Waals surface area contributed by atoms with Crippen molar-refractivity contribution >= 4 is 24.1 Å². The van der Waals surface area contributed by atoms with E-state index < -0.39 is 6.04 Å². The lowest BCUT2D eigenvalue weighted by atomic mass is 9.83. The lowest BCUT2D eigenvalue weighted by molar-refractivity contribution is -0.131. The molecular weight excluding hydrogens is 408 g/mol. The standard InChI is InChI=1S/C23H36N6O3/c1-26-20(14-16-8-3-2-4-9-16)22(32)29-19-12-6-5-11-18(19)21(31)28-17(15-30)10-7-13-27-23(24)25/h2-4,8-9,15,17-20,26H,5-7,10-14H2,1H3,(H,28,31)(H,29,32)(H4,24,25,27)/t17-,18+,19-,20+/m0/s1. The highest BCUT2D eigenvalue weighted by Crippen LogP contribution is 2.25. The molecule has 2 amide bonds. The van der Waals surface area contributed by atoms with E-state index in [1.54, 1.807) is 7.05 Å². The molecular formula is C23H36N6O3. The zero-order valence-electron chi connectivity index (χ0n) is 18.8. The third kappa shape index (κ3) is 8.30. The molecule has 0 bridgehead atoms. The molecule has 7 N–H and O–H groups in total. The Bertz CT molecular complexity index is 766. The van der Waals surface area contributed by atoms with Crippen LogP contribution in [0.25, 0.3) is 0 Å². The number of rotatable bonds is 12. The number of aldehydes is 1. The highest BCUT2D eigenvalue weighted by Gasteiger charge is 2.34. The number of aliphatic imine (C=N–C) groups is 1. The topological polar surface area (TPSA) is 152 Å². The minimum absolute atomic E-state index is 0.00427.